The van der Waals surface area contributed by atoms with Gasteiger partial charge in [-0.05, 0) is 66.2 Å². The molecule has 176 valence electrons. The third kappa shape index (κ3) is 5.51. The van der Waals surface area contributed by atoms with Crippen molar-refractivity contribution in [3.63, 3.8) is 0 Å². The molecule has 0 N–H and O–H groups in total. The highest BCUT2D eigenvalue weighted by Gasteiger charge is 2.23. The molecule has 1 saturated carbocycles. The summed E-state index contributed by atoms with van der Waals surface area (Å²) >= 11 is 0. The summed E-state index contributed by atoms with van der Waals surface area (Å²) in [5, 5.41) is 1.29. The lowest BCUT2D eigenvalue weighted by Crippen LogP contribution is -2.13. The van der Waals surface area contributed by atoms with Crippen molar-refractivity contribution >= 4 is 10.8 Å². The van der Waals surface area contributed by atoms with E-state index in [2.05, 4.69) is 17.7 Å². The quantitative estimate of drug-likeness (QED) is 0.241. The molecule has 4 rings (SSSR count). The van der Waals surface area contributed by atoms with Crippen molar-refractivity contribution in [2.24, 2.45) is 5.92 Å². The van der Waals surface area contributed by atoms with Crippen LogP contribution < -0.4 is 4.74 Å². The van der Waals surface area contributed by atoms with E-state index in [1.807, 2.05) is 18.2 Å². The van der Waals surface area contributed by atoms with Crippen molar-refractivity contribution in [1.29, 1.82) is 0 Å². The molecule has 0 aliphatic heterocycles. The fourth-order valence-corrected chi connectivity index (χ4v) is 5.11. The molecular weight excluding hydrogens is 428 g/mol. The van der Waals surface area contributed by atoms with Gasteiger partial charge in [-0.1, -0.05) is 69.0 Å². The van der Waals surface area contributed by atoms with Crippen molar-refractivity contribution in [3.8, 4) is 16.9 Å². The minimum absolute atomic E-state index is 0.227. The molecule has 0 atom stereocenters. The first-order valence-corrected chi connectivity index (χ1v) is 11.9. The van der Waals surface area contributed by atoms with Crippen LogP contribution in [-0.2, 0) is 0 Å². The zero-order valence-corrected chi connectivity index (χ0v) is 18.9. The molecule has 1 nitrogen and oxygen atoms in total. The maximum Gasteiger partial charge on any atom is 0.387 e. The van der Waals surface area contributed by atoms with Gasteiger partial charge < -0.3 is 4.74 Å². The van der Waals surface area contributed by atoms with Crippen LogP contribution in [0.5, 0.6) is 5.75 Å². The van der Waals surface area contributed by atoms with Crippen LogP contribution in [0.2, 0.25) is 0 Å². The van der Waals surface area contributed by atoms with Crippen molar-refractivity contribution in [2.45, 2.75) is 70.8 Å². The maximum atomic E-state index is 15.3. The first-order chi connectivity index (χ1) is 16.0. The number of alkyl halides is 2. The Balaban J connectivity index is 1.51. The fraction of sp³-hybridized carbons (Fsp3) is 0.429. The van der Waals surface area contributed by atoms with Gasteiger partial charge in [-0.3, -0.25) is 0 Å². The summed E-state index contributed by atoms with van der Waals surface area (Å²) in [5.74, 6) is -0.601. The predicted molar refractivity (Wildman–Crippen MR) is 125 cm³/mol. The smallest absolute Gasteiger partial charge is 0.387 e. The number of ether oxygens (including phenoxy) is 1. The Morgan fingerprint density at radius 3 is 2.39 bits per heavy atom. The second kappa shape index (κ2) is 10.6. The van der Waals surface area contributed by atoms with Crippen LogP contribution in [0.4, 0.5) is 17.6 Å². The third-order valence-electron chi connectivity index (χ3n) is 6.97. The van der Waals surface area contributed by atoms with Crippen LogP contribution in [0.25, 0.3) is 21.9 Å². The average molecular weight is 459 g/mol. The summed E-state index contributed by atoms with van der Waals surface area (Å²) in [7, 11) is 0. The first kappa shape index (κ1) is 23.6. The molecule has 0 radical (unpaired) electrons. The van der Waals surface area contributed by atoms with E-state index in [9.17, 15) is 13.2 Å². The predicted octanol–water partition coefficient (Wildman–Crippen LogP) is 9.24. The lowest BCUT2D eigenvalue weighted by atomic mass is 9.76. The number of hydrogen-bond acceptors (Lipinski definition) is 1. The number of halogens is 4. The Bertz CT molecular complexity index is 1090. The number of rotatable bonds is 8. The van der Waals surface area contributed by atoms with Crippen LogP contribution in [0.1, 0.15) is 69.8 Å². The van der Waals surface area contributed by atoms with Gasteiger partial charge in [0, 0.05) is 10.9 Å². The van der Waals surface area contributed by atoms with E-state index < -0.39 is 24.0 Å². The van der Waals surface area contributed by atoms with E-state index in [1.165, 1.54) is 63.0 Å². The highest BCUT2D eigenvalue weighted by atomic mass is 19.3. The minimum Gasteiger partial charge on any atom is -0.432 e. The van der Waals surface area contributed by atoms with Gasteiger partial charge in [0.2, 0.25) is 0 Å². The molecule has 0 spiro atoms. The summed E-state index contributed by atoms with van der Waals surface area (Å²) in [5.41, 5.74) is 1.76. The first-order valence-electron chi connectivity index (χ1n) is 11.9. The van der Waals surface area contributed by atoms with E-state index in [1.54, 1.807) is 6.07 Å². The standard InChI is InChI=1S/C28H30F4O/c1-2-3-4-5-18-6-8-19(9-7-18)20-10-13-23-21(16-20)11-14-24(27(23)30)22-12-15-26(25(29)17-22)33-28(31)32/h10-19,28H,2-9H2,1H3. The van der Waals surface area contributed by atoms with Crippen LogP contribution in [0.15, 0.2) is 48.5 Å². The summed E-state index contributed by atoms with van der Waals surface area (Å²) in [6, 6.07) is 12.9. The van der Waals surface area contributed by atoms with Gasteiger partial charge in [-0.25, -0.2) is 8.78 Å². The molecule has 1 fully saturated rings. The van der Waals surface area contributed by atoms with E-state index in [0.717, 1.165) is 23.4 Å². The van der Waals surface area contributed by atoms with Gasteiger partial charge in [0.25, 0.3) is 0 Å². The van der Waals surface area contributed by atoms with Gasteiger partial charge >= 0.3 is 6.61 Å². The highest BCUT2D eigenvalue weighted by molar-refractivity contribution is 5.89. The van der Waals surface area contributed by atoms with Gasteiger partial charge in [0.05, 0.1) is 0 Å². The molecule has 3 aromatic carbocycles. The molecule has 1 aliphatic carbocycles. The van der Waals surface area contributed by atoms with E-state index in [-0.39, 0.29) is 11.1 Å². The molecule has 0 heterocycles. The average Bonchev–Trinajstić information content (AvgIpc) is 2.81. The highest BCUT2D eigenvalue weighted by Crippen LogP contribution is 2.39. The van der Waals surface area contributed by atoms with Crippen LogP contribution in [0, 0.1) is 17.6 Å². The van der Waals surface area contributed by atoms with E-state index in [4.69, 9.17) is 0 Å². The zero-order chi connectivity index (χ0) is 23.4. The molecular formula is C28H30F4O. The zero-order valence-electron chi connectivity index (χ0n) is 18.9. The molecule has 0 aromatic heterocycles. The molecule has 0 saturated heterocycles. The Morgan fingerprint density at radius 2 is 1.70 bits per heavy atom. The second-order valence-electron chi connectivity index (χ2n) is 9.14. The van der Waals surface area contributed by atoms with Gasteiger partial charge in [0.1, 0.15) is 5.82 Å². The maximum absolute atomic E-state index is 15.3. The largest absolute Gasteiger partial charge is 0.432 e. The molecule has 0 amide bonds. The molecule has 3 aromatic rings. The lowest BCUT2D eigenvalue weighted by Gasteiger charge is -2.29. The third-order valence-corrected chi connectivity index (χ3v) is 6.97. The molecule has 0 unspecified atom stereocenters. The number of fused-ring (bicyclic) bond motifs is 1. The van der Waals surface area contributed by atoms with Crippen LogP contribution in [0.3, 0.4) is 0 Å². The lowest BCUT2D eigenvalue weighted by molar-refractivity contribution is -0.0521. The van der Waals surface area contributed by atoms with Crippen molar-refractivity contribution < 1.29 is 22.3 Å². The topological polar surface area (TPSA) is 9.23 Å². The minimum atomic E-state index is -3.12. The molecule has 33 heavy (non-hydrogen) atoms. The monoisotopic (exact) mass is 458 g/mol. The molecule has 1 aliphatic rings. The van der Waals surface area contributed by atoms with E-state index >= 15 is 4.39 Å². The summed E-state index contributed by atoms with van der Waals surface area (Å²) in [4.78, 5) is 0. The molecule has 0 bridgehead atoms. The normalized spacial score (nSPS) is 18.7. The Morgan fingerprint density at radius 1 is 0.909 bits per heavy atom. The van der Waals surface area contributed by atoms with Crippen LogP contribution in [-0.4, -0.2) is 6.61 Å². The summed E-state index contributed by atoms with van der Waals surface area (Å²) in [6.45, 7) is -0.879. The summed E-state index contributed by atoms with van der Waals surface area (Å²) in [6.07, 6.45) is 10.1. The van der Waals surface area contributed by atoms with Crippen LogP contribution >= 0.6 is 0 Å². The Hall–Kier alpha value is -2.56. The Labute approximate surface area is 192 Å². The van der Waals surface area contributed by atoms with Crippen molar-refractivity contribution in [3.05, 3.63) is 65.7 Å². The Kier molecular flexibility index (Phi) is 7.56. The SMILES string of the molecule is CCCCCC1CCC(c2ccc3c(F)c(-c4ccc(OC(F)F)c(F)c4)ccc3c2)CC1. The van der Waals surface area contributed by atoms with Gasteiger partial charge in [0.15, 0.2) is 11.6 Å². The number of benzene rings is 3. The fourth-order valence-electron chi connectivity index (χ4n) is 5.11. The van der Waals surface area contributed by atoms with Crippen molar-refractivity contribution in [1.82, 2.24) is 0 Å². The number of hydrogen-bond donors (Lipinski definition) is 0. The second-order valence-corrected chi connectivity index (χ2v) is 9.14. The molecule has 5 heteroatoms. The van der Waals surface area contributed by atoms with E-state index in [0.29, 0.717) is 11.3 Å². The summed E-state index contributed by atoms with van der Waals surface area (Å²) < 4.78 is 58.3. The van der Waals surface area contributed by atoms with Crippen molar-refractivity contribution in [2.75, 3.05) is 0 Å². The van der Waals surface area contributed by atoms with Gasteiger partial charge in [-0.15, -0.1) is 0 Å². The van der Waals surface area contributed by atoms with Gasteiger partial charge in [-0.2, -0.15) is 8.78 Å². The number of unbranched alkanes of at least 4 members (excludes halogenated alkanes) is 2.